The monoisotopic (exact) mass is 304 g/mol. The van der Waals surface area contributed by atoms with E-state index >= 15 is 0 Å². The lowest BCUT2D eigenvalue weighted by Crippen LogP contribution is -2.09. The van der Waals surface area contributed by atoms with Gasteiger partial charge < -0.3 is 0 Å². The molecule has 0 fully saturated rings. The van der Waals surface area contributed by atoms with Gasteiger partial charge in [0, 0.05) is 5.92 Å². The highest BCUT2D eigenvalue weighted by Crippen LogP contribution is 2.34. The third-order valence-electron chi connectivity index (χ3n) is 3.60. The summed E-state index contributed by atoms with van der Waals surface area (Å²) in [6, 6.07) is 14.9. The molecule has 0 aliphatic rings. The van der Waals surface area contributed by atoms with Gasteiger partial charge >= 0.3 is 0 Å². The molecule has 0 saturated carbocycles. The van der Waals surface area contributed by atoms with Crippen LogP contribution in [-0.2, 0) is 10.1 Å². The van der Waals surface area contributed by atoms with Gasteiger partial charge in [-0.1, -0.05) is 61.4 Å². The summed E-state index contributed by atoms with van der Waals surface area (Å²) in [7, 11) is -4.22. The van der Waals surface area contributed by atoms with E-state index in [1.54, 1.807) is 6.07 Å². The topological polar surface area (TPSA) is 54.4 Å². The van der Waals surface area contributed by atoms with Crippen molar-refractivity contribution in [2.45, 2.75) is 37.5 Å². The summed E-state index contributed by atoms with van der Waals surface area (Å²) < 4.78 is 32.8. The maximum absolute atomic E-state index is 11.7. The van der Waals surface area contributed by atoms with Gasteiger partial charge in [-0.2, -0.15) is 8.42 Å². The fourth-order valence-electron chi connectivity index (χ4n) is 2.65. The zero-order valence-electron chi connectivity index (χ0n) is 12.3. The maximum Gasteiger partial charge on any atom is 0.294 e. The second kappa shape index (κ2) is 6.41. The van der Waals surface area contributed by atoms with Gasteiger partial charge in [0.1, 0.15) is 0 Å². The molecule has 2 rings (SSSR count). The second-order valence-electron chi connectivity index (χ2n) is 5.27. The third-order valence-corrected chi connectivity index (χ3v) is 4.53. The molecule has 1 atom stereocenters. The van der Waals surface area contributed by atoms with Crippen LogP contribution in [0, 0.1) is 6.92 Å². The van der Waals surface area contributed by atoms with E-state index in [0.717, 1.165) is 24.0 Å². The summed E-state index contributed by atoms with van der Waals surface area (Å²) in [6.45, 7) is 3.99. The third kappa shape index (κ3) is 3.71. The number of aryl methyl sites for hydroxylation is 1. The Morgan fingerprint density at radius 2 is 1.76 bits per heavy atom. The van der Waals surface area contributed by atoms with Crippen molar-refractivity contribution in [3.63, 3.8) is 0 Å². The molecule has 0 spiro atoms. The Morgan fingerprint density at radius 1 is 1.10 bits per heavy atom. The lowest BCUT2D eigenvalue weighted by atomic mass is 9.87. The molecule has 1 unspecified atom stereocenters. The molecule has 0 aliphatic heterocycles. The fraction of sp³-hybridized carbons (Fsp3) is 0.294. The maximum atomic E-state index is 11.7. The van der Waals surface area contributed by atoms with Crippen molar-refractivity contribution in [3.05, 3.63) is 65.2 Å². The summed E-state index contributed by atoms with van der Waals surface area (Å²) in [5.74, 6) is -0.0342. The van der Waals surface area contributed by atoms with E-state index in [2.05, 4.69) is 6.92 Å². The minimum absolute atomic E-state index is 0.00963. The van der Waals surface area contributed by atoms with Gasteiger partial charge in [-0.05, 0) is 30.5 Å². The smallest absolute Gasteiger partial charge is 0.282 e. The Labute approximate surface area is 126 Å². The van der Waals surface area contributed by atoms with Crippen molar-refractivity contribution in [2.75, 3.05) is 0 Å². The van der Waals surface area contributed by atoms with Crippen LogP contribution in [0.5, 0.6) is 0 Å². The van der Waals surface area contributed by atoms with Crippen LogP contribution < -0.4 is 0 Å². The molecule has 112 valence electrons. The molecule has 3 nitrogen and oxygen atoms in total. The van der Waals surface area contributed by atoms with Gasteiger partial charge in [0.25, 0.3) is 10.1 Å². The zero-order chi connectivity index (χ0) is 15.5. The Hall–Kier alpha value is -1.65. The molecule has 0 radical (unpaired) electrons. The van der Waals surface area contributed by atoms with Crippen LogP contribution in [0.25, 0.3) is 0 Å². The van der Waals surface area contributed by atoms with Gasteiger partial charge in [0.2, 0.25) is 0 Å². The summed E-state index contributed by atoms with van der Waals surface area (Å²) in [6.07, 6.45) is 1.76. The van der Waals surface area contributed by atoms with E-state index in [4.69, 9.17) is 0 Å². The van der Waals surface area contributed by atoms with Crippen LogP contribution in [0.2, 0.25) is 0 Å². The van der Waals surface area contributed by atoms with Gasteiger partial charge in [0.15, 0.2) is 0 Å². The fourth-order valence-corrected chi connectivity index (χ4v) is 3.39. The van der Waals surface area contributed by atoms with Crippen molar-refractivity contribution >= 4 is 10.1 Å². The average Bonchev–Trinajstić information content (AvgIpc) is 2.44. The van der Waals surface area contributed by atoms with Crippen LogP contribution in [0.1, 0.15) is 42.4 Å². The molecule has 0 amide bonds. The molecular formula is C17H20O3S. The first-order chi connectivity index (χ1) is 9.93. The molecule has 4 heteroatoms. The van der Waals surface area contributed by atoms with E-state index in [1.807, 2.05) is 43.3 Å². The molecule has 1 N–H and O–H groups in total. The van der Waals surface area contributed by atoms with Crippen molar-refractivity contribution in [1.29, 1.82) is 0 Å². The number of hydrogen-bond acceptors (Lipinski definition) is 2. The summed E-state index contributed by atoms with van der Waals surface area (Å²) in [5.41, 5.74) is 2.72. The Balaban J connectivity index is 2.63. The van der Waals surface area contributed by atoms with Crippen molar-refractivity contribution < 1.29 is 13.0 Å². The second-order valence-corrected chi connectivity index (χ2v) is 6.66. The predicted octanol–water partition coefficient (Wildman–Crippen LogP) is 4.17. The van der Waals surface area contributed by atoms with Crippen molar-refractivity contribution in [1.82, 2.24) is 0 Å². The van der Waals surface area contributed by atoms with Crippen LogP contribution in [0.15, 0.2) is 53.4 Å². The van der Waals surface area contributed by atoms with Crippen LogP contribution in [-0.4, -0.2) is 13.0 Å². The molecule has 21 heavy (non-hydrogen) atoms. The summed E-state index contributed by atoms with van der Waals surface area (Å²) in [5, 5.41) is 0. The number of hydrogen-bond donors (Lipinski definition) is 1. The molecule has 0 heterocycles. The minimum atomic E-state index is -4.22. The van der Waals surface area contributed by atoms with Gasteiger partial charge in [-0.3, -0.25) is 4.55 Å². The summed E-state index contributed by atoms with van der Waals surface area (Å²) >= 11 is 0. The highest BCUT2D eigenvalue weighted by Gasteiger charge is 2.22. The first-order valence-corrected chi connectivity index (χ1v) is 8.50. The normalized spacial score (nSPS) is 13.1. The Kier molecular flexibility index (Phi) is 4.80. The highest BCUT2D eigenvalue weighted by molar-refractivity contribution is 7.85. The lowest BCUT2D eigenvalue weighted by molar-refractivity contribution is 0.481. The molecule has 0 aliphatic carbocycles. The quantitative estimate of drug-likeness (QED) is 0.843. The van der Waals surface area contributed by atoms with Crippen LogP contribution in [0.3, 0.4) is 0 Å². The number of rotatable bonds is 5. The van der Waals surface area contributed by atoms with Crippen molar-refractivity contribution in [2.24, 2.45) is 0 Å². The van der Waals surface area contributed by atoms with E-state index in [1.165, 1.54) is 6.07 Å². The van der Waals surface area contributed by atoms with Crippen LogP contribution >= 0.6 is 0 Å². The molecule has 0 aromatic heterocycles. The van der Waals surface area contributed by atoms with Crippen LogP contribution in [0.4, 0.5) is 0 Å². The molecular weight excluding hydrogens is 284 g/mol. The molecule has 0 saturated heterocycles. The number of benzene rings is 2. The van der Waals surface area contributed by atoms with Gasteiger partial charge in [0.05, 0.1) is 4.90 Å². The molecule has 2 aromatic carbocycles. The standard InChI is InChI=1S/C17H20O3S/c1-3-7-15(14-8-5-4-6-9-14)16-12-13(2)10-11-17(16)21(18,19)20/h4-6,8-12,15H,3,7H2,1-2H3,(H,18,19,20). The highest BCUT2D eigenvalue weighted by atomic mass is 32.2. The lowest BCUT2D eigenvalue weighted by Gasteiger charge is -2.20. The SMILES string of the molecule is CCCC(c1ccccc1)c1cc(C)ccc1S(=O)(=O)O. The average molecular weight is 304 g/mol. The molecule has 0 bridgehead atoms. The zero-order valence-corrected chi connectivity index (χ0v) is 13.1. The van der Waals surface area contributed by atoms with Gasteiger partial charge in [-0.15, -0.1) is 0 Å². The Morgan fingerprint density at radius 3 is 2.33 bits per heavy atom. The minimum Gasteiger partial charge on any atom is -0.282 e. The Bertz CT molecular complexity index is 706. The van der Waals surface area contributed by atoms with E-state index in [0.29, 0.717) is 5.56 Å². The van der Waals surface area contributed by atoms with Gasteiger partial charge in [-0.25, -0.2) is 0 Å². The van der Waals surface area contributed by atoms with E-state index < -0.39 is 10.1 Å². The predicted molar refractivity (Wildman–Crippen MR) is 84.2 cm³/mol. The largest absolute Gasteiger partial charge is 0.294 e. The molecule has 2 aromatic rings. The first-order valence-electron chi connectivity index (χ1n) is 7.06. The van der Waals surface area contributed by atoms with E-state index in [-0.39, 0.29) is 10.8 Å². The first kappa shape index (κ1) is 15.7. The summed E-state index contributed by atoms with van der Waals surface area (Å²) in [4.78, 5) is 0.00963. The van der Waals surface area contributed by atoms with Crippen molar-refractivity contribution in [3.8, 4) is 0 Å². The van der Waals surface area contributed by atoms with E-state index in [9.17, 15) is 13.0 Å².